The molecule has 0 heterocycles. The maximum atomic E-state index is 9.83. The maximum Gasteiger partial charge on any atom is 0.120 e. The van der Waals surface area contributed by atoms with Crippen LogP contribution in [0, 0.1) is 0 Å². The minimum Gasteiger partial charge on any atom is -0.508 e. The van der Waals surface area contributed by atoms with E-state index in [0.29, 0.717) is 5.75 Å². The third kappa shape index (κ3) is 3.50. The Morgan fingerprint density at radius 1 is 1.05 bits per heavy atom. The molecule has 2 heteroatoms. The van der Waals surface area contributed by atoms with Crippen LogP contribution in [-0.4, -0.2) is 5.11 Å². The van der Waals surface area contributed by atoms with E-state index < -0.39 is 0 Å². The van der Waals surface area contributed by atoms with E-state index in [4.69, 9.17) is 0 Å². The zero-order valence-corrected chi connectivity index (χ0v) is 11.6. The molecule has 0 fully saturated rings. The lowest BCUT2D eigenvalue weighted by atomic mass is 10.1. The van der Waals surface area contributed by atoms with Crippen LogP contribution in [0.1, 0.15) is 37.4 Å². The average Bonchev–Trinajstić information content (AvgIpc) is 2.42. The lowest BCUT2D eigenvalue weighted by molar-refractivity contribution is 0.465. The van der Waals surface area contributed by atoms with Gasteiger partial charge in [-0.15, -0.1) is 0 Å². The normalized spacial score (nSPS) is 12.1. The van der Waals surface area contributed by atoms with E-state index in [-0.39, 0.29) is 6.04 Å². The summed E-state index contributed by atoms with van der Waals surface area (Å²) in [6.45, 7) is 4.24. The van der Waals surface area contributed by atoms with Crippen molar-refractivity contribution in [2.75, 3.05) is 5.32 Å². The van der Waals surface area contributed by atoms with Crippen LogP contribution in [0.5, 0.6) is 5.75 Å². The summed E-state index contributed by atoms with van der Waals surface area (Å²) in [5.41, 5.74) is 3.36. The standard InChI is InChI=1S/C17H21NO/c1-3-6-14-9-11-15(12-10-14)18-13(2)16-7-4-5-8-17(16)19/h4-5,7-13,18-19H,3,6H2,1-2H3. The second-order valence-corrected chi connectivity index (χ2v) is 4.87. The zero-order valence-electron chi connectivity index (χ0n) is 11.6. The number of benzene rings is 2. The van der Waals surface area contributed by atoms with E-state index in [1.807, 2.05) is 18.2 Å². The number of hydrogen-bond donors (Lipinski definition) is 2. The molecule has 0 spiro atoms. The molecule has 0 aliphatic carbocycles. The van der Waals surface area contributed by atoms with Crippen LogP contribution in [-0.2, 0) is 6.42 Å². The molecule has 2 aromatic carbocycles. The van der Waals surface area contributed by atoms with Gasteiger partial charge in [-0.25, -0.2) is 0 Å². The van der Waals surface area contributed by atoms with Crippen LogP contribution in [0.25, 0.3) is 0 Å². The van der Waals surface area contributed by atoms with Gasteiger partial charge in [0.15, 0.2) is 0 Å². The largest absolute Gasteiger partial charge is 0.508 e. The predicted molar refractivity (Wildman–Crippen MR) is 80.6 cm³/mol. The Morgan fingerprint density at radius 2 is 1.74 bits per heavy atom. The molecule has 2 N–H and O–H groups in total. The number of anilines is 1. The molecule has 2 rings (SSSR count). The van der Waals surface area contributed by atoms with Gasteiger partial charge < -0.3 is 10.4 Å². The van der Waals surface area contributed by atoms with Gasteiger partial charge in [0, 0.05) is 11.3 Å². The fraction of sp³-hybridized carbons (Fsp3) is 0.294. The second kappa shape index (κ2) is 6.28. The van der Waals surface area contributed by atoms with Crippen molar-refractivity contribution in [2.45, 2.75) is 32.7 Å². The first-order valence-corrected chi connectivity index (χ1v) is 6.84. The van der Waals surface area contributed by atoms with E-state index in [1.165, 1.54) is 12.0 Å². The van der Waals surface area contributed by atoms with Crippen LogP contribution in [0.3, 0.4) is 0 Å². The van der Waals surface area contributed by atoms with Gasteiger partial charge in [-0.05, 0) is 37.1 Å². The highest BCUT2D eigenvalue weighted by molar-refractivity contribution is 5.48. The Kier molecular flexibility index (Phi) is 4.45. The van der Waals surface area contributed by atoms with Crippen LogP contribution in [0.15, 0.2) is 48.5 Å². The third-order valence-corrected chi connectivity index (χ3v) is 3.28. The number of nitrogens with one attached hydrogen (secondary N) is 1. The van der Waals surface area contributed by atoms with E-state index >= 15 is 0 Å². The second-order valence-electron chi connectivity index (χ2n) is 4.87. The molecule has 0 aromatic heterocycles. The summed E-state index contributed by atoms with van der Waals surface area (Å²) in [6.07, 6.45) is 2.29. The van der Waals surface area contributed by atoms with Crippen molar-refractivity contribution in [2.24, 2.45) is 0 Å². The topological polar surface area (TPSA) is 32.3 Å². The highest BCUT2D eigenvalue weighted by Crippen LogP contribution is 2.26. The number of phenolic OH excluding ortho intramolecular Hbond substituents is 1. The minimum absolute atomic E-state index is 0.0817. The molecular weight excluding hydrogens is 234 g/mol. The van der Waals surface area contributed by atoms with Gasteiger partial charge in [0.25, 0.3) is 0 Å². The Balaban J connectivity index is 2.06. The third-order valence-electron chi connectivity index (χ3n) is 3.28. The maximum absolute atomic E-state index is 9.83. The first kappa shape index (κ1) is 13.5. The lowest BCUT2D eigenvalue weighted by Gasteiger charge is -2.17. The van der Waals surface area contributed by atoms with Gasteiger partial charge in [-0.3, -0.25) is 0 Å². The van der Waals surface area contributed by atoms with E-state index in [1.54, 1.807) is 6.07 Å². The average molecular weight is 255 g/mol. The molecule has 0 amide bonds. The summed E-state index contributed by atoms with van der Waals surface area (Å²) >= 11 is 0. The van der Waals surface area contributed by atoms with Gasteiger partial charge in [-0.2, -0.15) is 0 Å². The summed E-state index contributed by atoms with van der Waals surface area (Å²) in [4.78, 5) is 0. The van der Waals surface area contributed by atoms with Crippen molar-refractivity contribution in [1.82, 2.24) is 0 Å². The van der Waals surface area contributed by atoms with Gasteiger partial charge in [0.2, 0.25) is 0 Å². The predicted octanol–water partition coefficient (Wildman–Crippen LogP) is 4.52. The fourth-order valence-corrected chi connectivity index (χ4v) is 2.24. The molecule has 0 aliphatic heterocycles. The van der Waals surface area contributed by atoms with Gasteiger partial charge in [-0.1, -0.05) is 43.7 Å². The highest BCUT2D eigenvalue weighted by Gasteiger charge is 2.09. The molecule has 0 saturated carbocycles. The highest BCUT2D eigenvalue weighted by atomic mass is 16.3. The number of aryl methyl sites for hydroxylation is 1. The molecule has 2 nitrogen and oxygen atoms in total. The van der Waals surface area contributed by atoms with Gasteiger partial charge in [0.1, 0.15) is 5.75 Å². The fourth-order valence-electron chi connectivity index (χ4n) is 2.24. The molecular formula is C17H21NO. The quantitative estimate of drug-likeness (QED) is 0.823. The minimum atomic E-state index is 0.0817. The number of phenols is 1. The summed E-state index contributed by atoms with van der Waals surface area (Å²) in [7, 11) is 0. The monoisotopic (exact) mass is 255 g/mol. The smallest absolute Gasteiger partial charge is 0.120 e. The number of rotatable bonds is 5. The lowest BCUT2D eigenvalue weighted by Crippen LogP contribution is -2.06. The van der Waals surface area contributed by atoms with Gasteiger partial charge in [0.05, 0.1) is 6.04 Å². The number of para-hydroxylation sites is 1. The van der Waals surface area contributed by atoms with Gasteiger partial charge >= 0.3 is 0 Å². The number of aromatic hydroxyl groups is 1. The van der Waals surface area contributed by atoms with E-state index in [0.717, 1.165) is 17.7 Å². The Hall–Kier alpha value is -1.96. The number of hydrogen-bond acceptors (Lipinski definition) is 2. The Labute approximate surface area is 115 Å². The zero-order chi connectivity index (χ0) is 13.7. The first-order valence-electron chi connectivity index (χ1n) is 6.84. The molecule has 1 unspecified atom stereocenters. The molecule has 0 aliphatic rings. The molecule has 0 radical (unpaired) electrons. The van der Waals surface area contributed by atoms with Crippen molar-refractivity contribution in [3.05, 3.63) is 59.7 Å². The molecule has 100 valence electrons. The Bertz CT molecular complexity index is 519. The molecule has 2 aromatic rings. The summed E-state index contributed by atoms with van der Waals surface area (Å²) in [6, 6.07) is 16.0. The van der Waals surface area contributed by atoms with E-state index in [2.05, 4.69) is 43.4 Å². The summed E-state index contributed by atoms with van der Waals surface area (Å²) in [5, 5.41) is 13.2. The van der Waals surface area contributed by atoms with Crippen LogP contribution in [0.2, 0.25) is 0 Å². The molecule has 1 atom stereocenters. The first-order chi connectivity index (χ1) is 9.20. The van der Waals surface area contributed by atoms with Crippen molar-refractivity contribution < 1.29 is 5.11 Å². The van der Waals surface area contributed by atoms with E-state index in [9.17, 15) is 5.11 Å². The van der Waals surface area contributed by atoms with Crippen LogP contribution in [0.4, 0.5) is 5.69 Å². The van der Waals surface area contributed by atoms with Crippen LogP contribution < -0.4 is 5.32 Å². The van der Waals surface area contributed by atoms with Crippen molar-refractivity contribution in [3.63, 3.8) is 0 Å². The summed E-state index contributed by atoms with van der Waals surface area (Å²) in [5.74, 6) is 0.338. The molecule has 0 saturated heterocycles. The van der Waals surface area contributed by atoms with Crippen molar-refractivity contribution >= 4 is 5.69 Å². The SMILES string of the molecule is CCCc1ccc(NC(C)c2ccccc2O)cc1. The Morgan fingerprint density at radius 3 is 2.37 bits per heavy atom. The van der Waals surface area contributed by atoms with Crippen LogP contribution >= 0.6 is 0 Å². The molecule has 19 heavy (non-hydrogen) atoms. The summed E-state index contributed by atoms with van der Waals surface area (Å²) < 4.78 is 0. The van der Waals surface area contributed by atoms with Crippen molar-refractivity contribution in [3.8, 4) is 5.75 Å². The van der Waals surface area contributed by atoms with Crippen molar-refractivity contribution in [1.29, 1.82) is 0 Å². The molecule has 0 bridgehead atoms.